The first-order valence-electron chi connectivity index (χ1n) is 5.56. The third-order valence-electron chi connectivity index (χ3n) is 2.35. The number of hydrogen-bond donors (Lipinski definition) is 3. The average Bonchev–Trinajstić information content (AvgIpc) is 2.28. The fourth-order valence-corrected chi connectivity index (χ4v) is 1.75. The van der Waals surface area contributed by atoms with Crippen LogP contribution in [-0.4, -0.2) is 34.5 Å². The van der Waals surface area contributed by atoms with Crippen LogP contribution in [0.3, 0.4) is 0 Å². The predicted molar refractivity (Wildman–Crippen MR) is 71.6 cm³/mol. The van der Waals surface area contributed by atoms with Crippen LogP contribution >= 0.6 is 11.6 Å². The minimum atomic E-state index is -0.844. The summed E-state index contributed by atoms with van der Waals surface area (Å²) in [6.07, 6.45) is -1.69. The molecule has 0 aromatic heterocycles. The van der Waals surface area contributed by atoms with Crippen LogP contribution in [0.25, 0.3) is 0 Å². The maximum atomic E-state index is 11.2. The Hall–Kier alpha value is -1.30. The maximum absolute atomic E-state index is 11.2. The van der Waals surface area contributed by atoms with Gasteiger partial charge in [0.2, 0.25) is 5.91 Å². The Bertz CT molecular complexity index is 402. The number of nitrogens with one attached hydrogen (secondary N) is 1. The molecule has 6 heteroatoms. The smallest absolute Gasteiger partial charge is 0.239 e. The number of carbonyl (C=O) groups excluding carboxylic acids is 1. The van der Waals surface area contributed by atoms with Gasteiger partial charge in [0, 0.05) is 11.4 Å². The van der Waals surface area contributed by atoms with Crippen LogP contribution in [0.1, 0.15) is 13.8 Å². The molecule has 1 aromatic rings. The molecule has 0 saturated carbocycles. The minimum absolute atomic E-state index is 0.124. The largest absolute Gasteiger partial charge is 0.374 e. The van der Waals surface area contributed by atoms with Gasteiger partial charge in [0.25, 0.3) is 0 Å². The van der Waals surface area contributed by atoms with Gasteiger partial charge in [-0.15, -0.1) is 11.6 Å². The Morgan fingerprint density at radius 2 is 2.00 bits per heavy atom. The molecule has 0 bridgehead atoms. The van der Waals surface area contributed by atoms with Crippen LogP contribution in [0, 0.1) is 0 Å². The van der Waals surface area contributed by atoms with Gasteiger partial charge in [0.15, 0.2) is 0 Å². The Balaban J connectivity index is 2.96. The lowest BCUT2D eigenvalue weighted by Gasteiger charge is -2.30. The molecule has 0 spiro atoms. The van der Waals surface area contributed by atoms with Crippen molar-refractivity contribution in [2.24, 2.45) is 0 Å². The molecule has 0 radical (unpaired) electrons. The highest BCUT2D eigenvalue weighted by molar-refractivity contribution is 6.29. The number of alkyl halides is 1. The minimum Gasteiger partial charge on any atom is -0.374 e. The van der Waals surface area contributed by atoms with Crippen LogP contribution < -0.4 is 10.2 Å². The number of aliphatic hydroxyl groups is 2. The lowest BCUT2D eigenvalue weighted by molar-refractivity contribution is -0.113. The zero-order chi connectivity index (χ0) is 13.7. The van der Waals surface area contributed by atoms with Gasteiger partial charge in [-0.2, -0.15) is 0 Å². The molecule has 18 heavy (non-hydrogen) atoms. The van der Waals surface area contributed by atoms with Crippen LogP contribution in [0.4, 0.5) is 11.4 Å². The monoisotopic (exact) mass is 272 g/mol. The van der Waals surface area contributed by atoms with Crippen molar-refractivity contribution in [2.75, 3.05) is 16.1 Å². The Labute approximate surface area is 111 Å². The van der Waals surface area contributed by atoms with Crippen LogP contribution in [0.2, 0.25) is 0 Å². The molecule has 1 amide bonds. The highest BCUT2D eigenvalue weighted by Crippen LogP contribution is 2.22. The number of anilines is 2. The summed E-state index contributed by atoms with van der Waals surface area (Å²) in [5.74, 6) is -0.435. The molecule has 1 rings (SSSR count). The van der Waals surface area contributed by atoms with Gasteiger partial charge in [-0.1, -0.05) is 6.07 Å². The van der Waals surface area contributed by atoms with Crippen molar-refractivity contribution in [3.05, 3.63) is 24.3 Å². The molecule has 0 saturated heterocycles. The van der Waals surface area contributed by atoms with Crippen LogP contribution in [0.5, 0.6) is 0 Å². The standard InChI is InChI=1S/C12H17ClN2O3/c1-8(16)15(9(2)17)11-5-3-4-10(6-11)14-12(18)7-13/h3-6,8-9,16-17H,7H2,1-2H3,(H,14,18). The zero-order valence-corrected chi connectivity index (χ0v) is 11.1. The van der Waals surface area contributed by atoms with Gasteiger partial charge in [0.05, 0.1) is 0 Å². The van der Waals surface area contributed by atoms with Crippen LogP contribution in [0.15, 0.2) is 24.3 Å². The van der Waals surface area contributed by atoms with Crippen molar-refractivity contribution in [3.8, 4) is 0 Å². The molecule has 0 aliphatic rings. The summed E-state index contributed by atoms with van der Waals surface area (Å²) in [6.45, 7) is 3.10. The molecular weight excluding hydrogens is 256 g/mol. The molecule has 1 aromatic carbocycles. The molecule has 2 unspecified atom stereocenters. The molecule has 5 nitrogen and oxygen atoms in total. The first-order valence-corrected chi connectivity index (χ1v) is 6.09. The van der Waals surface area contributed by atoms with E-state index < -0.39 is 12.5 Å². The molecule has 100 valence electrons. The number of amides is 1. The van der Waals surface area contributed by atoms with E-state index in [-0.39, 0.29) is 11.8 Å². The third-order valence-corrected chi connectivity index (χ3v) is 2.60. The summed E-state index contributed by atoms with van der Waals surface area (Å²) < 4.78 is 0. The van der Waals surface area contributed by atoms with E-state index in [1.807, 2.05) is 0 Å². The maximum Gasteiger partial charge on any atom is 0.239 e. The van der Waals surface area contributed by atoms with Gasteiger partial charge in [-0.25, -0.2) is 0 Å². The second-order valence-corrected chi connectivity index (χ2v) is 4.17. The Morgan fingerprint density at radius 1 is 1.39 bits per heavy atom. The topological polar surface area (TPSA) is 72.8 Å². The van der Waals surface area contributed by atoms with Gasteiger partial charge < -0.3 is 20.4 Å². The van der Waals surface area contributed by atoms with Crippen molar-refractivity contribution in [3.63, 3.8) is 0 Å². The van der Waals surface area contributed by atoms with E-state index in [4.69, 9.17) is 11.6 Å². The van der Waals surface area contributed by atoms with Crippen molar-refractivity contribution < 1.29 is 15.0 Å². The SMILES string of the molecule is CC(O)N(c1cccc(NC(=O)CCl)c1)C(C)O. The Morgan fingerprint density at radius 3 is 2.50 bits per heavy atom. The van der Waals surface area contributed by atoms with Gasteiger partial charge in [-0.05, 0) is 32.0 Å². The van der Waals surface area contributed by atoms with Crippen molar-refractivity contribution >= 4 is 28.9 Å². The fraction of sp³-hybridized carbons (Fsp3) is 0.417. The number of rotatable bonds is 5. The first kappa shape index (κ1) is 14.8. The first-order chi connectivity index (χ1) is 8.45. The number of carbonyl (C=O) groups is 1. The lowest BCUT2D eigenvalue weighted by Crippen LogP contribution is -2.40. The second-order valence-electron chi connectivity index (χ2n) is 3.90. The van der Waals surface area contributed by atoms with Crippen molar-refractivity contribution in [1.82, 2.24) is 0 Å². The number of halogens is 1. The quantitative estimate of drug-likeness (QED) is 0.559. The number of nitrogens with zero attached hydrogens (tertiary/aromatic N) is 1. The molecule has 0 heterocycles. The summed E-state index contributed by atoms with van der Waals surface area (Å²) in [5.41, 5.74) is 1.16. The van der Waals surface area contributed by atoms with E-state index in [1.54, 1.807) is 38.1 Å². The summed E-state index contributed by atoms with van der Waals surface area (Å²) in [7, 11) is 0. The van der Waals surface area contributed by atoms with Crippen molar-refractivity contribution in [1.29, 1.82) is 0 Å². The predicted octanol–water partition coefficient (Wildman–Crippen LogP) is 1.35. The number of benzene rings is 1. The fourth-order valence-electron chi connectivity index (χ4n) is 1.68. The lowest BCUT2D eigenvalue weighted by atomic mass is 10.2. The van der Waals surface area contributed by atoms with Crippen LogP contribution in [-0.2, 0) is 4.79 Å². The van der Waals surface area contributed by atoms with E-state index in [1.165, 1.54) is 4.90 Å². The van der Waals surface area contributed by atoms with E-state index in [9.17, 15) is 15.0 Å². The summed E-state index contributed by atoms with van der Waals surface area (Å²) in [4.78, 5) is 12.6. The molecule has 0 fully saturated rings. The highest BCUT2D eigenvalue weighted by atomic mass is 35.5. The molecule has 3 N–H and O–H groups in total. The molecule has 0 aliphatic heterocycles. The highest BCUT2D eigenvalue weighted by Gasteiger charge is 2.17. The van der Waals surface area contributed by atoms with E-state index in [2.05, 4.69) is 5.32 Å². The summed E-state index contributed by atoms with van der Waals surface area (Å²) >= 11 is 5.40. The third kappa shape index (κ3) is 3.87. The van der Waals surface area contributed by atoms with E-state index in [0.717, 1.165) is 0 Å². The second kappa shape index (κ2) is 6.58. The molecule has 2 atom stereocenters. The number of aliphatic hydroxyl groups excluding tert-OH is 2. The van der Waals surface area contributed by atoms with Gasteiger partial charge in [0.1, 0.15) is 18.3 Å². The summed E-state index contributed by atoms with van der Waals surface area (Å²) in [6, 6.07) is 6.81. The summed E-state index contributed by atoms with van der Waals surface area (Å²) in [5, 5.41) is 21.8. The molecular formula is C12H17ClN2O3. The zero-order valence-electron chi connectivity index (χ0n) is 10.3. The van der Waals surface area contributed by atoms with Gasteiger partial charge >= 0.3 is 0 Å². The number of hydrogen-bond acceptors (Lipinski definition) is 4. The normalized spacial score (nSPS) is 13.8. The molecule has 0 aliphatic carbocycles. The van der Waals surface area contributed by atoms with E-state index >= 15 is 0 Å². The average molecular weight is 273 g/mol. The van der Waals surface area contributed by atoms with Gasteiger partial charge in [-0.3, -0.25) is 4.79 Å². The van der Waals surface area contributed by atoms with Crippen molar-refractivity contribution in [2.45, 2.75) is 26.3 Å². The Kier molecular flexibility index (Phi) is 5.40. The van der Waals surface area contributed by atoms with E-state index in [0.29, 0.717) is 11.4 Å².